The maximum absolute atomic E-state index is 12.2. The minimum absolute atomic E-state index is 0.130. The lowest BCUT2D eigenvalue weighted by Gasteiger charge is -2.33. The normalized spacial score (nSPS) is 16.8. The zero-order valence-electron chi connectivity index (χ0n) is 9.20. The SMILES string of the molecule is COc1ccc(C(=O)C2(C#N)COC2)c(Cl)c1. The number of ketones is 1. The lowest BCUT2D eigenvalue weighted by molar-refractivity contribution is -0.0566. The number of carbonyl (C=O) groups is 1. The van der Waals surface area contributed by atoms with Gasteiger partial charge in [0.25, 0.3) is 0 Å². The molecule has 88 valence electrons. The average molecular weight is 252 g/mol. The molecular weight excluding hydrogens is 242 g/mol. The number of Topliss-reactive ketones (excluding diaryl/α,β-unsaturated/α-hetero) is 1. The lowest BCUT2D eigenvalue weighted by atomic mass is 9.80. The summed E-state index contributed by atoms with van der Waals surface area (Å²) in [7, 11) is 1.52. The van der Waals surface area contributed by atoms with E-state index in [1.54, 1.807) is 18.2 Å². The molecule has 0 N–H and O–H groups in total. The van der Waals surface area contributed by atoms with Gasteiger partial charge in [-0.25, -0.2) is 0 Å². The van der Waals surface area contributed by atoms with Crippen LogP contribution in [0.5, 0.6) is 5.75 Å². The first-order valence-electron chi connectivity index (χ1n) is 5.00. The van der Waals surface area contributed by atoms with Crippen LogP contribution in [0.3, 0.4) is 0 Å². The van der Waals surface area contributed by atoms with E-state index in [1.165, 1.54) is 7.11 Å². The molecule has 0 bridgehead atoms. The van der Waals surface area contributed by atoms with Gasteiger partial charge in [-0.15, -0.1) is 0 Å². The molecule has 1 aliphatic rings. The maximum Gasteiger partial charge on any atom is 0.189 e. The molecule has 0 radical (unpaired) electrons. The Morgan fingerprint density at radius 1 is 1.59 bits per heavy atom. The van der Waals surface area contributed by atoms with E-state index in [-0.39, 0.29) is 24.0 Å². The Hall–Kier alpha value is -1.57. The van der Waals surface area contributed by atoms with E-state index in [0.717, 1.165) is 0 Å². The number of rotatable bonds is 3. The van der Waals surface area contributed by atoms with E-state index < -0.39 is 5.41 Å². The van der Waals surface area contributed by atoms with Crippen molar-refractivity contribution in [3.63, 3.8) is 0 Å². The van der Waals surface area contributed by atoms with Crippen LogP contribution in [0.2, 0.25) is 5.02 Å². The number of halogens is 1. The highest BCUT2D eigenvalue weighted by Crippen LogP contribution is 2.34. The molecule has 0 unspecified atom stereocenters. The number of hydrogen-bond acceptors (Lipinski definition) is 4. The van der Waals surface area contributed by atoms with Crippen molar-refractivity contribution in [2.75, 3.05) is 20.3 Å². The van der Waals surface area contributed by atoms with Crippen LogP contribution in [0, 0.1) is 16.7 Å². The van der Waals surface area contributed by atoms with E-state index in [9.17, 15) is 4.79 Å². The summed E-state index contributed by atoms with van der Waals surface area (Å²) in [5.41, 5.74) is -0.740. The smallest absolute Gasteiger partial charge is 0.189 e. The molecule has 0 spiro atoms. The van der Waals surface area contributed by atoms with E-state index in [4.69, 9.17) is 26.3 Å². The summed E-state index contributed by atoms with van der Waals surface area (Å²) >= 11 is 6.00. The van der Waals surface area contributed by atoms with Gasteiger partial charge >= 0.3 is 0 Å². The Bertz CT molecular complexity index is 503. The van der Waals surface area contributed by atoms with Crippen LogP contribution < -0.4 is 4.74 Å². The summed E-state index contributed by atoms with van der Waals surface area (Å²) in [6, 6.07) is 6.77. The maximum atomic E-state index is 12.2. The molecule has 1 aromatic carbocycles. The Labute approximate surface area is 104 Å². The van der Waals surface area contributed by atoms with E-state index in [0.29, 0.717) is 11.3 Å². The van der Waals surface area contributed by atoms with Crippen molar-refractivity contribution in [1.29, 1.82) is 5.26 Å². The summed E-state index contributed by atoms with van der Waals surface area (Å²) < 4.78 is 9.94. The zero-order chi connectivity index (χ0) is 12.5. The highest BCUT2D eigenvalue weighted by atomic mass is 35.5. The second kappa shape index (κ2) is 4.36. The largest absolute Gasteiger partial charge is 0.497 e. The Kier molecular flexibility index (Phi) is 3.05. The van der Waals surface area contributed by atoms with Gasteiger partial charge in [-0.05, 0) is 18.2 Å². The Morgan fingerprint density at radius 3 is 2.71 bits per heavy atom. The van der Waals surface area contributed by atoms with Crippen LogP contribution in [0.4, 0.5) is 0 Å². The predicted octanol–water partition coefficient (Wildman–Crippen LogP) is 2.07. The van der Waals surface area contributed by atoms with Crippen LogP contribution in [0.1, 0.15) is 10.4 Å². The van der Waals surface area contributed by atoms with Gasteiger partial charge in [-0.1, -0.05) is 11.6 Å². The van der Waals surface area contributed by atoms with Crippen LogP contribution in [-0.4, -0.2) is 26.1 Å². The second-order valence-corrected chi connectivity index (χ2v) is 4.27. The fourth-order valence-corrected chi connectivity index (χ4v) is 1.87. The van der Waals surface area contributed by atoms with Gasteiger partial charge in [0.2, 0.25) is 0 Å². The molecule has 17 heavy (non-hydrogen) atoms. The first kappa shape index (κ1) is 11.9. The van der Waals surface area contributed by atoms with E-state index >= 15 is 0 Å². The standard InChI is InChI=1S/C12H10ClNO3/c1-16-8-2-3-9(10(13)4-8)11(15)12(5-14)6-17-7-12/h2-4H,6-7H2,1H3. The third-order valence-corrected chi connectivity index (χ3v) is 3.08. The van der Waals surface area contributed by atoms with Crippen molar-refractivity contribution in [2.45, 2.75) is 0 Å². The summed E-state index contributed by atoms with van der Waals surface area (Å²) in [6.45, 7) is 0.259. The van der Waals surface area contributed by atoms with Crippen molar-refractivity contribution in [3.8, 4) is 11.8 Å². The average Bonchev–Trinajstić information content (AvgIpc) is 2.28. The highest BCUT2D eigenvalue weighted by Gasteiger charge is 2.47. The molecule has 0 saturated carbocycles. The number of ether oxygens (including phenoxy) is 2. The third-order valence-electron chi connectivity index (χ3n) is 2.77. The molecule has 1 fully saturated rings. The molecule has 0 amide bonds. The fourth-order valence-electron chi connectivity index (χ4n) is 1.62. The molecule has 0 atom stereocenters. The predicted molar refractivity (Wildman–Crippen MR) is 61.2 cm³/mol. The monoisotopic (exact) mass is 251 g/mol. The molecule has 1 aromatic rings. The van der Waals surface area contributed by atoms with Gasteiger partial charge in [0.15, 0.2) is 11.2 Å². The van der Waals surface area contributed by atoms with Crippen molar-refractivity contribution in [3.05, 3.63) is 28.8 Å². The highest BCUT2D eigenvalue weighted by molar-refractivity contribution is 6.34. The first-order valence-corrected chi connectivity index (χ1v) is 5.38. The first-order chi connectivity index (χ1) is 8.13. The van der Waals surface area contributed by atoms with Gasteiger partial charge in [-0.3, -0.25) is 4.79 Å². The van der Waals surface area contributed by atoms with Crippen molar-refractivity contribution >= 4 is 17.4 Å². The summed E-state index contributed by atoms with van der Waals surface area (Å²) in [6.07, 6.45) is 0. The summed E-state index contributed by atoms with van der Waals surface area (Å²) in [5, 5.41) is 9.33. The number of nitriles is 1. The molecule has 0 aromatic heterocycles. The number of benzene rings is 1. The van der Waals surface area contributed by atoms with Crippen molar-refractivity contribution < 1.29 is 14.3 Å². The molecular formula is C12H10ClNO3. The van der Waals surface area contributed by atoms with Gasteiger partial charge in [0.1, 0.15) is 5.75 Å². The molecule has 1 heterocycles. The number of methoxy groups -OCH3 is 1. The molecule has 5 heteroatoms. The van der Waals surface area contributed by atoms with Crippen LogP contribution in [0.15, 0.2) is 18.2 Å². The minimum Gasteiger partial charge on any atom is -0.497 e. The van der Waals surface area contributed by atoms with Gasteiger partial charge < -0.3 is 9.47 Å². The van der Waals surface area contributed by atoms with Gasteiger partial charge in [0, 0.05) is 5.56 Å². The van der Waals surface area contributed by atoms with Crippen molar-refractivity contribution in [2.24, 2.45) is 5.41 Å². The van der Waals surface area contributed by atoms with Gasteiger partial charge in [0.05, 0.1) is 31.4 Å². The Morgan fingerprint density at radius 2 is 2.29 bits per heavy atom. The summed E-state index contributed by atoms with van der Waals surface area (Å²) in [5.74, 6) is 0.279. The minimum atomic E-state index is -1.07. The van der Waals surface area contributed by atoms with Crippen LogP contribution in [0.25, 0.3) is 0 Å². The lowest BCUT2D eigenvalue weighted by Crippen LogP contribution is -2.48. The molecule has 4 nitrogen and oxygen atoms in total. The number of nitrogens with zero attached hydrogens (tertiary/aromatic N) is 1. The Balaban J connectivity index is 2.35. The zero-order valence-corrected chi connectivity index (χ0v) is 9.95. The quantitative estimate of drug-likeness (QED) is 0.772. The molecule has 0 aliphatic carbocycles. The van der Waals surface area contributed by atoms with E-state index in [1.807, 2.05) is 6.07 Å². The van der Waals surface area contributed by atoms with Crippen molar-refractivity contribution in [1.82, 2.24) is 0 Å². The fraction of sp³-hybridized carbons (Fsp3) is 0.333. The van der Waals surface area contributed by atoms with Crippen LogP contribution >= 0.6 is 11.6 Å². The molecule has 2 rings (SSSR count). The molecule has 1 saturated heterocycles. The number of carbonyl (C=O) groups excluding carboxylic acids is 1. The topological polar surface area (TPSA) is 59.3 Å². The number of hydrogen-bond donors (Lipinski definition) is 0. The second-order valence-electron chi connectivity index (χ2n) is 3.86. The van der Waals surface area contributed by atoms with Gasteiger partial charge in [-0.2, -0.15) is 5.26 Å². The van der Waals surface area contributed by atoms with Crippen LogP contribution in [-0.2, 0) is 4.74 Å². The van der Waals surface area contributed by atoms with E-state index in [2.05, 4.69) is 0 Å². The molecule has 1 aliphatic heterocycles. The third kappa shape index (κ3) is 1.88. The summed E-state index contributed by atoms with van der Waals surface area (Å²) in [4.78, 5) is 12.2.